The predicted octanol–water partition coefficient (Wildman–Crippen LogP) is 1.62. The maximum atomic E-state index is 13.7. The largest absolute Gasteiger partial charge is 0.480 e. The first-order valence-electron chi connectivity index (χ1n) is 14.4. The quantitative estimate of drug-likeness (QED) is 0.390. The van der Waals surface area contributed by atoms with Gasteiger partial charge in [-0.15, -0.1) is 0 Å². The third-order valence-electron chi connectivity index (χ3n) is 7.75. The summed E-state index contributed by atoms with van der Waals surface area (Å²) >= 11 is 0. The fourth-order valence-electron chi connectivity index (χ4n) is 5.33. The van der Waals surface area contributed by atoms with Crippen molar-refractivity contribution in [3.05, 3.63) is 59.7 Å². The van der Waals surface area contributed by atoms with Gasteiger partial charge >= 0.3 is 12.1 Å². The van der Waals surface area contributed by atoms with E-state index in [0.29, 0.717) is 19.5 Å². The minimum absolute atomic E-state index is 0.0353. The molecule has 1 saturated heterocycles. The number of carboxylic acid groups (broad SMARTS) is 1. The number of hydrogen-bond donors (Lipinski definition) is 3. The molecular formula is C30H38N6O7. The van der Waals surface area contributed by atoms with E-state index in [1.165, 1.54) is 24.2 Å². The molecule has 3 heterocycles. The summed E-state index contributed by atoms with van der Waals surface area (Å²) in [6.45, 7) is 7.67. The number of nitrogens with one attached hydrogen (secondary N) is 2. The summed E-state index contributed by atoms with van der Waals surface area (Å²) in [5.41, 5.74) is 2.23. The van der Waals surface area contributed by atoms with Gasteiger partial charge in [-0.2, -0.15) is 0 Å². The number of nitrogens with zero attached hydrogens (tertiary/aromatic N) is 4. The van der Waals surface area contributed by atoms with E-state index >= 15 is 0 Å². The highest BCUT2D eigenvalue weighted by Gasteiger charge is 2.45. The maximum absolute atomic E-state index is 13.7. The van der Waals surface area contributed by atoms with Crippen LogP contribution in [0.15, 0.2) is 42.9 Å². The van der Waals surface area contributed by atoms with Gasteiger partial charge in [-0.05, 0) is 29.4 Å². The second-order valence-corrected chi connectivity index (χ2v) is 11.5. The molecule has 2 aliphatic rings. The minimum Gasteiger partial charge on any atom is -0.480 e. The molecule has 13 heteroatoms. The molecule has 0 bridgehead atoms. The molecule has 2 aromatic rings. The van der Waals surface area contributed by atoms with Crippen LogP contribution in [0, 0.1) is 11.8 Å². The molecule has 4 atom stereocenters. The second kappa shape index (κ2) is 13.6. The standard InChI is InChI=1S/C30H38N6O7/c1-17(2)24(33-26(37)22-14-31-10-11-32-22)27(38)34-25(18(3)4)28(39)36-16-21(13-23(36)29(40)41)43-30(42)35-12-9-19-7-5-6-8-20(19)15-35/h5-8,10-11,14,17-18,21,23-25H,9,12-13,15-16H2,1-4H3,(H,33,37)(H,34,38)(H,40,41)/t21?,23?,24-,25-/m0/s1. The number of fused-ring (bicyclic) bond motifs is 1. The van der Waals surface area contributed by atoms with Crippen molar-refractivity contribution < 1.29 is 33.8 Å². The van der Waals surface area contributed by atoms with Gasteiger partial charge in [-0.3, -0.25) is 19.4 Å². The highest BCUT2D eigenvalue weighted by Crippen LogP contribution is 2.25. The van der Waals surface area contributed by atoms with E-state index in [9.17, 15) is 29.1 Å². The van der Waals surface area contributed by atoms with Crippen LogP contribution in [-0.4, -0.2) is 92.0 Å². The van der Waals surface area contributed by atoms with E-state index in [-0.39, 0.29) is 24.6 Å². The lowest BCUT2D eigenvalue weighted by Crippen LogP contribution is -2.58. The normalized spacial score (nSPS) is 19.4. The number of carbonyl (C=O) groups is 5. The first-order valence-corrected chi connectivity index (χ1v) is 14.4. The van der Waals surface area contributed by atoms with Gasteiger partial charge < -0.3 is 30.3 Å². The Bertz CT molecular complexity index is 1350. The lowest BCUT2D eigenvalue weighted by atomic mass is 9.99. The van der Waals surface area contributed by atoms with Crippen LogP contribution in [0.5, 0.6) is 0 Å². The predicted molar refractivity (Wildman–Crippen MR) is 153 cm³/mol. The van der Waals surface area contributed by atoms with E-state index in [1.807, 2.05) is 24.3 Å². The Morgan fingerprint density at radius 2 is 1.67 bits per heavy atom. The van der Waals surface area contributed by atoms with Crippen molar-refractivity contribution in [2.45, 2.75) is 71.3 Å². The first kappa shape index (κ1) is 31.4. The summed E-state index contributed by atoms with van der Waals surface area (Å²) in [6.07, 6.45) is 3.28. The van der Waals surface area contributed by atoms with Crippen LogP contribution in [-0.2, 0) is 32.1 Å². The Labute approximate surface area is 250 Å². The van der Waals surface area contributed by atoms with E-state index < -0.39 is 59.9 Å². The van der Waals surface area contributed by atoms with E-state index in [1.54, 1.807) is 32.6 Å². The molecule has 0 radical (unpaired) electrons. The summed E-state index contributed by atoms with van der Waals surface area (Å²) < 4.78 is 5.69. The molecule has 2 unspecified atom stereocenters. The Morgan fingerprint density at radius 1 is 0.977 bits per heavy atom. The molecule has 1 aromatic carbocycles. The van der Waals surface area contributed by atoms with Gasteiger partial charge in [0.2, 0.25) is 11.8 Å². The Morgan fingerprint density at radius 3 is 2.30 bits per heavy atom. The monoisotopic (exact) mass is 594 g/mol. The molecule has 0 spiro atoms. The topological polar surface area (TPSA) is 171 Å². The zero-order valence-electron chi connectivity index (χ0n) is 24.7. The molecule has 0 aliphatic carbocycles. The summed E-state index contributed by atoms with van der Waals surface area (Å²) in [6, 6.07) is 4.52. The highest BCUT2D eigenvalue weighted by atomic mass is 16.6. The number of carbonyl (C=O) groups excluding carboxylic acids is 4. The average molecular weight is 595 g/mol. The summed E-state index contributed by atoms with van der Waals surface area (Å²) in [4.78, 5) is 75.4. The molecule has 230 valence electrons. The van der Waals surface area contributed by atoms with Crippen molar-refractivity contribution in [1.82, 2.24) is 30.4 Å². The first-order chi connectivity index (χ1) is 20.5. The number of ether oxygens (including phenoxy) is 1. The molecular weight excluding hydrogens is 556 g/mol. The molecule has 2 aliphatic heterocycles. The number of likely N-dealkylation sites (tertiary alicyclic amines) is 1. The van der Waals surface area contributed by atoms with E-state index in [4.69, 9.17) is 4.74 Å². The summed E-state index contributed by atoms with van der Waals surface area (Å²) in [7, 11) is 0. The minimum atomic E-state index is -1.23. The number of amides is 4. The molecule has 0 saturated carbocycles. The molecule has 4 rings (SSSR count). The van der Waals surface area contributed by atoms with Crippen molar-refractivity contribution in [3.63, 3.8) is 0 Å². The molecule has 1 fully saturated rings. The SMILES string of the molecule is CC(C)[C@H](NC(=O)c1cnccn1)C(=O)N[C@H](C(=O)N1CC(OC(=O)N2CCc3ccccc3C2)CC1C(=O)O)C(C)C. The number of aromatic nitrogens is 2. The fourth-order valence-corrected chi connectivity index (χ4v) is 5.33. The second-order valence-electron chi connectivity index (χ2n) is 11.5. The van der Waals surface area contributed by atoms with Crippen molar-refractivity contribution in [2.75, 3.05) is 13.1 Å². The smallest absolute Gasteiger partial charge is 0.410 e. The number of rotatable bonds is 9. The van der Waals surface area contributed by atoms with Crippen LogP contribution in [0.25, 0.3) is 0 Å². The van der Waals surface area contributed by atoms with E-state index in [2.05, 4.69) is 20.6 Å². The van der Waals surface area contributed by atoms with Crippen LogP contribution >= 0.6 is 0 Å². The number of benzene rings is 1. The number of carboxylic acids is 1. The van der Waals surface area contributed by atoms with Gasteiger partial charge in [0.15, 0.2) is 0 Å². The Hall–Kier alpha value is -4.55. The molecule has 4 amide bonds. The van der Waals surface area contributed by atoms with Gasteiger partial charge in [-0.25, -0.2) is 14.6 Å². The van der Waals surface area contributed by atoms with Crippen LogP contribution in [0.4, 0.5) is 4.79 Å². The number of aliphatic carboxylic acids is 1. The summed E-state index contributed by atoms with van der Waals surface area (Å²) in [5.74, 6) is -3.79. The molecule has 3 N–H and O–H groups in total. The van der Waals surface area contributed by atoms with Gasteiger partial charge in [0.05, 0.1) is 12.7 Å². The summed E-state index contributed by atoms with van der Waals surface area (Å²) in [5, 5.41) is 15.3. The van der Waals surface area contributed by atoms with E-state index in [0.717, 1.165) is 10.5 Å². The van der Waals surface area contributed by atoms with Crippen molar-refractivity contribution in [2.24, 2.45) is 11.8 Å². The molecule has 13 nitrogen and oxygen atoms in total. The lowest BCUT2D eigenvalue weighted by Gasteiger charge is -2.31. The van der Waals surface area contributed by atoms with Crippen molar-refractivity contribution in [1.29, 1.82) is 0 Å². The van der Waals surface area contributed by atoms with Crippen LogP contribution in [0.3, 0.4) is 0 Å². The van der Waals surface area contributed by atoms with Crippen molar-refractivity contribution in [3.8, 4) is 0 Å². The maximum Gasteiger partial charge on any atom is 0.410 e. The zero-order chi connectivity index (χ0) is 31.3. The Balaban J connectivity index is 1.42. The van der Waals surface area contributed by atoms with Crippen LogP contribution < -0.4 is 10.6 Å². The third-order valence-corrected chi connectivity index (χ3v) is 7.75. The van der Waals surface area contributed by atoms with Gasteiger partial charge in [0.1, 0.15) is 29.9 Å². The third kappa shape index (κ3) is 7.46. The van der Waals surface area contributed by atoms with Gasteiger partial charge in [-0.1, -0.05) is 52.0 Å². The Kier molecular flexibility index (Phi) is 9.94. The highest BCUT2D eigenvalue weighted by molar-refractivity contribution is 5.97. The van der Waals surface area contributed by atoms with Crippen LogP contribution in [0.2, 0.25) is 0 Å². The van der Waals surface area contributed by atoms with Crippen LogP contribution in [0.1, 0.15) is 55.7 Å². The fraction of sp³-hybridized carbons (Fsp3) is 0.500. The van der Waals surface area contributed by atoms with Crippen molar-refractivity contribution >= 4 is 29.8 Å². The zero-order valence-corrected chi connectivity index (χ0v) is 24.7. The van der Waals surface area contributed by atoms with Gasteiger partial charge in [0.25, 0.3) is 5.91 Å². The average Bonchev–Trinajstić information content (AvgIpc) is 3.42. The lowest BCUT2D eigenvalue weighted by molar-refractivity contribution is -0.150. The van der Waals surface area contributed by atoms with Gasteiger partial charge in [0, 0.05) is 31.9 Å². The molecule has 43 heavy (non-hydrogen) atoms. The molecule has 1 aromatic heterocycles. The number of hydrogen-bond acceptors (Lipinski definition) is 8.